The summed E-state index contributed by atoms with van der Waals surface area (Å²) in [7, 11) is 2.99. The van der Waals surface area contributed by atoms with Gasteiger partial charge in [0, 0.05) is 23.4 Å². The van der Waals surface area contributed by atoms with Crippen molar-refractivity contribution in [2.45, 2.75) is 45.3 Å². The molecule has 0 spiro atoms. The number of nitrogens with one attached hydrogen (secondary N) is 1. The number of Topliss-reactive ketones (excluding diaryl/α,β-unsaturated/α-hetero) is 1. The van der Waals surface area contributed by atoms with Crippen molar-refractivity contribution in [1.29, 1.82) is 0 Å². The van der Waals surface area contributed by atoms with E-state index in [4.69, 9.17) is 25.8 Å². The second kappa shape index (κ2) is 12.1. The first-order chi connectivity index (χ1) is 15.2. The number of carbonyl (C=O) groups excluding carboxylic acids is 3. The van der Waals surface area contributed by atoms with Crippen LogP contribution in [-0.2, 0) is 14.3 Å². The lowest BCUT2D eigenvalue weighted by atomic mass is 10.0. The molecule has 2 rings (SSSR count). The second-order valence-corrected chi connectivity index (χ2v) is 7.78. The molecule has 1 N–H and O–H groups in total. The van der Waals surface area contributed by atoms with Crippen molar-refractivity contribution in [3.8, 4) is 11.5 Å². The molecule has 1 atom stereocenters. The van der Waals surface area contributed by atoms with Crippen LogP contribution >= 0.6 is 11.6 Å². The van der Waals surface area contributed by atoms with Gasteiger partial charge in [0.05, 0.1) is 32.8 Å². The van der Waals surface area contributed by atoms with Gasteiger partial charge in [-0.2, -0.15) is 0 Å². The Morgan fingerprint density at radius 1 is 0.969 bits per heavy atom. The SMILES string of the molecule is COc1ccc(C(=O)CCC(=O)N[C@@H](CC(=O)OC(C)C)c2ccccc2Cl)cc1OC. The van der Waals surface area contributed by atoms with Gasteiger partial charge in [-0.3, -0.25) is 14.4 Å². The first-order valence-electron chi connectivity index (χ1n) is 10.2. The molecule has 0 aliphatic heterocycles. The van der Waals surface area contributed by atoms with Gasteiger partial charge in [0.25, 0.3) is 0 Å². The molecule has 0 fully saturated rings. The van der Waals surface area contributed by atoms with Gasteiger partial charge >= 0.3 is 5.97 Å². The predicted octanol–water partition coefficient (Wildman–Crippen LogP) is 4.52. The number of ketones is 1. The Morgan fingerprint density at radius 2 is 1.66 bits per heavy atom. The summed E-state index contributed by atoms with van der Waals surface area (Å²) in [5, 5.41) is 3.23. The molecule has 7 nitrogen and oxygen atoms in total. The van der Waals surface area contributed by atoms with Crippen molar-refractivity contribution < 1.29 is 28.6 Å². The Balaban J connectivity index is 2.05. The van der Waals surface area contributed by atoms with E-state index in [1.54, 1.807) is 56.3 Å². The summed E-state index contributed by atoms with van der Waals surface area (Å²) >= 11 is 6.27. The number of amides is 1. The van der Waals surface area contributed by atoms with Crippen LogP contribution in [0, 0.1) is 0 Å². The third-order valence-corrected chi connectivity index (χ3v) is 4.98. The topological polar surface area (TPSA) is 90.9 Å². The average molecular weight is 462 g/mol. The summed E-state index contributed by atoms with van der Waals surface area (Å²) in [4.78, 5) is 37.4. The minimum atomic E-state index is -0.668. The molecule has 172 valence electrons. The molecule has 1 amide bonds. The smallest absolute Gasteiger partial charge is 0.308 e. The molecule has 0 aliphatic carbocycles. The Morgan fingerprint density at radius 3 is 2.28 bits per heavy atom. The molecular formula is C24H28ClNO6. The second-order valence-electron chi connectivity index (χ2n) is 7.38. The van der Waals surface area contributed by atoms with Crippen molar-refractivity contribution in [2.24, 2.45) is 0 Å². The maximum absolute atomic E-state index is 12.6. The largest absolute Gasteiger partial charge is 0.493 e. The van der Waals surface area contributed by atoms with E-state index in [0.29, 0.717) is 27.6 Å². The van der Waals surface area contributed by atoms with Crippen LogP contribution in [0.2, 0.25) is 5.02 Å². The summed E-state index contributed by atoms with van der Waals surface area (Å²) in [6.07, 6.45) is -0.401. The van der Waals surface area contributed by atoms with Crippen molar-refractivity contribution in [3.05, 3.63) is 58.6 Å². The van der Waals surface area contributed by atoms with E-state index in [-0.39, 0.29) is 37.1 Å². The lowest BCUT2D eigenvalue weighted by molar-refractivity contribution is -0.148. The van der Waals surface area contributed by atoms with E-state index in [9.17, 15) is 14.4 Å². The number of halogens is 1. The highest BCUT2D eigenvalue weighted by Crippen LogP contribution is 2.28. The molecule has 0 unspecified atom stereocenters. The standard InChI is InChI=1S/C24H28ClNO6/c1-15(2)32-24(29)14-19(17-7-5-6-8-18(17)25)26-23(28)12-10-20(27)16-9-11-21(30-3)22(13-16)31-4/h5-9,11,13,15,19H,10,12,14H2,1-4H3,(H,26,28)/t19-/m0/s1. The zero-order valence-electron chi connectivity index (χ0n) is 18.6. The molecule has 2 aromatic carbocycles. The highest BCUT2D eigenvalue weighted by molar-refractivity contribution is 6.31. The molecule has 0 saturated heterocycles. The van der Waals surface area contributed by atoms with Gasteiger partial charge in [-0.05, 0) is 43.7 Å². The van der Waals surface area contributed by atoms with Gasteiger partial charge in [0.1, 0.15) is 0 Å². The number of hydrogen-bond donors (Lipinski definition) is 1. The molecule has 0 aromatic heterocycles. The van der Waals surface area contributed by atoms with Crippen molar-refractivity contribution in [2.75, 3.05) is 14.2 Å². The Bertz CT molecular complexity index is 959. The van der Waals surface area contributed by atoms with Crippen molar-refractivity contribution >= 4 is 29.3 Å². The Hall–Kier alpha value is -3.06. The van der Waals surface area contributed by atoms with Crippen LogP contribution < -0.4 is 14.8 Å². The van der Waals surface area contributed by atoms with Crippen LogP contribution in [0.4, 0.5) is 0 Å². The van der Waals surface area contributed by atoms with E-state index in [1.807, 2.05) is 0 Å². The van der Waals surface area contributed by atoms with Gasteiger partial charge < -0.3 is 19.5 Å². The number of ether oxygens (including phenoxy) is 3. The van der Waals surface area contributed by atoms with Crippen molar-refractivity contribution in [1.82, 2.24) is 5.32 Å². The maximum atomic E-state index is 12.6. The molecule has 2 aromatic rings. The molecule has 0 heterocycles. The van der Waals surface area contributed by atoms with Crippen LogP contribution in [0.15, 0.2) is 42.5 Å². The zero-order valence-corrected chi connectivity index (χ0v) is 19.4. The zero-order chi connectivity index (χ0) is 23.7. The van der Waals surface area contributed by atoms with Crippen LogP contribution in [0.3, 0.4) is 0 Å². The van der Waals surface area contributed by atoms with Gasteiger partial charge in [-0.1, -0.05) is 29.8 Å². The minimum absolute atomic E-state index is 0.00695. The highest BCUT2D eigenvalue weighted by atomic mass is 35.5. The van der Waals surface area contributed by atoms with E-state index in [0.717, 1.165) is 0 Å². The molecular weight excluding hydrogens is 434 g/mol. The van der Waals surface area contributed by atoms with E-state index in [2.05, 4.69) is 5.32 Å². The fourth-order valence-electron chi connectivity index (χ4n) is 3.12. The third-order valence-electron chi connectivity index (χ3n) is 4.64. The fraction of sp³-hybridized carbons (Fsp3) is 0.375. The number of hydrogen-bond acceptors (Lipinski definition) is 6. The van der Waals surface area contributed by atoms with Gasteiger partial charge in [-0.25, -0.2) is 0 Å². The predicted molar refractivity (Wildman–Crippen MR) is 121 cm³/mol. The number of rotatable bonds is 11. The first kappa shape index (κ1) is 25.2. The Labute approximate surface area is 193 Å². The van der Waals surface area contributed by atoms with E-state index >= 15 is 0 Å². The molecule has 0 bridgehead atoms. The molecule has 32 heavy (non-hydrogen) atoms. The first-order valence-corrected chi connectivity index (χ1v) is 10.6. The summed E-state index contributed by atoms with van der Waals surface area (Å²) in [6.45, 7) is 3.50. The van der Waals surface area contributed by atoms with Crippen LogP contribution in [-0.4, -0.2) is 38.0 Å². The van der Waals surface area contributed by atoms with Crippen LogP contribution in [0.25, 0.3) is 0 Å². The van der Waals surface area contributed by atoms with E-state index < -0.39 is 12.0 Å². The number of esters is 1. The average Bonchev–Trinajstić information content (AvgIpc) is 2.76. The van der Waals surface area contributed by atoms with Crippen LogP contribution in [0.1, 0.15) is 55.1 Å². The highest BCUT2D eigenvalue weighted by Gasteiger charge is 2.22. The number of methoxy groups -OCH3 is 2. The Kier molecular flexibility index (Phi) is 9.53. The van der Waals surface area contributed by atoms with Gasteiger partial charge in [0.2, 0.25) is 5.91 Å². The fourth-order valence-corrected chi connectivity index (χ4v) is 3.39. The lowest BCUT2D eigenvalue weighted by Crippen LogP contribution is -2.31. The van der Waals surface area contributed by atoms with Gasteiger partial charge in [0.15, 0.2) is 17.3 Å². The summed E-state index contributed by atoms with van der Waals surface area (Å²) in [6, 6.07) is 11.1. The van der Waals surface area contributed by atoms with Gasteiger partial charge in [-0.15, -0.1) is 0 Å². The molecule has 0 aliphatic rings. The summed E-state index contributed by atoms with van der Waals surface area (Å²) < 4.78 is 15.6. The summed E-state index contributed by atoms with van der Waals surface area (Å²) in [5.74, 6) is -0.0924. The third kappa shape index (κ3) is 7.27. The van der Waals surface area contributed by atoms with E-state index in [1.165, 1.54) is 14.2 Å². The minimum Gasteiger partial charge on any atom is -0.493 e. The maximum Gasteiger partial charge on any atom is 0.308 e. The normalized spacial score (nSPS) is 11.6. The van der Waals surface area contributed by atoms with Crippen molar-refractivity contribution in [3.63, 3.8) is 0 Å². The lowest BCUT2D eigenvalue weighted by Gasteiger charge is -2.20. The molecule has 0 saturated carbocycles. The monoisotopic (exact) mass is 461 g/mol. The number of benzene rings is 2. The molecule has 0 radical (unpaired) electrons. The van der Waals surface area contributed by atoms with Crippen LogP contribution in [0.5, 0.6) is 11.5 Å². The number of carbonyl (C=O) groups is 3. The summed E-state index contributed by atoms with van der Waals surface area (Å²) in [5.41, 5.74) is 1.02. The molecule has 8 heteroatoms. The quantitative estimate of drug-likeness (QED) is 0.391.